The molecule has 0 saturated carbocycles. The first-order chi connectivity index (χ1) is 8.54. The van der Waals surface area contributed by atoms with Crippen molar-refractivity contribution >= 4 is 23.3 Å². The quantitative estimate of drug-likeness (QED) is 0.451. The zero-order valence-electron chi connectivity index (χ0n) is 9.09. The molecule has 0 aliphatic rings. The van der Waals surface area contributed by atoms with Gasteiger partial charge in [-0.2, -0.15) is 0 Å². The second kappa shape index (κ2) is 6.74. The smallest absolute Gasteiger partial charge is 0.329 e. The lowest BCUT2D eigenvalue weighted by Crippen LogP contribution is -2.26. The normalized spacial score (nSPS) is 9.89. The SMILES string of the molecule is NNOC(=O)CCOc1cc([N+](=O)[O-])ccc1Cl. The van der Waals surface area contributed by atoms with Gasteiger partial charge in [-0.15, -0.1) is 0 Å². The summed E-state index contributed by atoms with van der Waals surface area (Å²) in [6.07, 6.45) is -0.0801. The van der Waals surface area contributed by atoms with Crippen molar-refractivity contribution in [3.8, 4) is 5.75 Å². The Labute approximate surface area is 107 Å². The van der Waals surface area contributed by atoms with Crippen LogP contribution in [0.1, 0.15) is 6.42 Å². The van der Waals surface area contributed by atoms with Crippen LogP contribution in [0, 0.1) is 10.1 Å². The summed E-state index contributed by atoms with van der Waals surface area (Å²) in [5, 5.41) is 10.8. The van der Waals surface area contributed by atoms with Gasteiger partial charge in [0.05, 0.1) is 29.0 Å². The largest absolute Gasteiger partial charge is 0.491 e. The monoisotopic (exact) mass is 275 g/mol. The summed E-state index contributed by atoms with van der Waals surface area (Å²) in [5.74, 6) is 4.26. The van der Waals surface area contributed by atoms with Crippen molar-refractivity contribution < 1.29 is 19.3 Å². The summed E-state index contributed by atoms with van der Waals surface area (Å²) in [6, 6.07) is 3.77. The maximum atomic E-state index is 10.9. The summed E-state index contributed by atoms with van der Waals surface area (Å²) >= 11 is 5.78. The lowest BCUT2D eigenvalue weighted by atomic mass is 10.3. The number of nitro benzene ring substituents is 1. The van der Waals surface area contributed by atoms with Crippen molar-refractivity contribution in [1.82, 2.24) is 5.59 Å². The molecule has 3 N–H and O–H groups in total. The predicted molar refractivity (Wildman–Crippen MR) is 61.6 cm³/mol. The van der Waals surface area contributed by atoms with Gasteiger partial charge in [0.1, 0.15) is 5.75 Å². The van der Waals surface area contributed by atoms with E-state index in [1.165, 1.54) is 18.2 Å². The second-order valence-electron chi connectivity index (χ2n) is 3.06. The first kappa shape index (κ1) is 14.2. The summed E-state index contributed by atoms with van der Waals surface area (Å²) in [7, 11) is 0. The number of non-ortho nitro benzene ring substituents is 1. The fourth-order valence-corrected chi connectivity index (χ4v) is 1.25. The minimum Gasteiger partial charge on any atom is -0.491 e. The van der Waals surface area contributed by atoms with E-state index in [9.17, 15) is 14.9 Å². The Morgan fingerprint density at radius 2 is 2.28 bits per heavy atom. The Morgan fingerprint density at radius 3 is 2.89 bits per heavy atom. The fraction of sp³-hybridized carbons (Fsp3) is 0.222. The molecule has 1 aromatic rings. The molecule has 9 heteroatoms. The number of ether oxygens (including phenoxy) is 1. The van der Waals surface area contributed by atoms with Gasteiger partial charge in [0, 0.05) is 6.07 Å². The maximum Gasteiger partial charge on any atom is 0.329 e. The predicted octanol–water partition coefficient (Wildman–Crippen LogP) is 0.939. The zero-order chi connectivity index (χ0) is 13.5. The second-order valence-corrected chi connectivity index (χ2v) is 3.47. The van der Waals surface area contributed by atoms with Crippen LogP contribution in [0.15, 0.2) is 18.2 Å². The highest BCUT2D eigenvalue weighted by Gasteiger charge is 2.11. The number of halogens is 1. The van der Waals surface area contributed by atoms with Crippen molar-refractivity contribution in [3.05, 3.63) is 33.3 Å². The van der Waals surface area contributed by atoms with Gasteiger partial charge in [0.2, 0.25) is 0 Å². The van der Waals surface area contributed by atoms with Gasteiger partial charge in [-0.1, -0.05) is 17.2 Å². The van der Waals surface area contributed by atoms with Crippen LogP contribution in [0.2, 0.25) is 5.02 Å². The van der Waals surface area contributed by atoms with Gasteiger partial charge >= 0.3 is 5.97 Å². The summed E-state index contributed by atoms with van der Waals surface area (Å²) in [4.78, 5) is 25.1. The molecule has 0 aliphatic carbocycles. The molecule has 0 aromatic heterocycles. The Morgan fingerprint density at radius 1 is 1.56 bits per heavy atom. The number of rotatable bonds is 6. The average molecular weight is 276 g/mol. The van der Waals surface area contributed by atoms with E-state index in [4.69, 9.17) is 22.2 Å². The molecule has 0 aliphatic heterocycles. The number of carbonyl (C=O) groups excluding carboxylic acids is 1. The zero-order valence-corrected chi connectivity index (χ0v) is 9.85. The molecule has 0 spiro atoms. The summed E-state index contributed by atoms with van der Waals surface area (Å²) < 4.78 is 5.14. The molecule has 1 aromatic carbocycles. The molecule has 0 amide bonds. The molecular weight excluding hydrogens is 266 g/mol. The van der Waals surface area contributed by atoms with E-state index in [1.807, 2.05) is 0 Å². The van der Waals surface area contributed by atoms with Crippen LogP contribution in [0.3, 0.4) is 0 Å². The van der Waals surface area contributed by atoms with Crippen LogP contribution in [0.25, 0.3) is 0 Å². The van der Waals surface area contributed by atoms with Crippen LogP contribution in [-0.4, -0.2) is 17.5 Å². The van der Waals surface area contributed by atoms with Crippen LogP contribution in [-0.2, 0) is 9.63 Å². The molecule has 0 fully saturated rings. The highest BCUT2D eigenvalue weighted by molar-refractivity contribution is 6.32. The molecule has 18 heavy (non-hydrogen) atoms. The Bertz CT molecular complexity index is 454. The van der Waals surface area contributed by atoms with Crippen LogP contribution >= 0.6 is 11.6 Å². The summed E-state index contributed by atoms with van der Waals surface area (Å²) in [6.45, 7) is -0.0403. The standard InChI is InChI=1S/C9H10ClN3O5/c10-7-2-1-6(13(15)16)5-8(7)17-4-3-9(14)18-12-11/h1-2,5,12H,3-4,11H2. The molecule has 98 valence electrons. The number of benzene rings is 1. The minimum atomic E-state index is -0.626. The van der Waals surface area contributed by atoms with Crippen LogP contribution in [0.4, 0.5) is 5.69 Å². The topological polar surface area (TPSA) is 117 Å². The first-order valence-electron chi connectivity index (χ1n) is 4.76. The average Bonchev–Trinajstić information content (AvgIpc) is 2.31. The van der Waals surface area contributed by atoms with Crippen molar-refractivity contribution in [3.63, 3.8) is 0 Å². The van der Waals surface area contributed by atoms with E-state index in [-0.39, 0.29) is 29.5 Å². The lowest BCUT2D eigenvalue weighted by molar-refractivity contribution is -0.384. The van der Waals surface area contributed by atoms with E-state index in [2.05, 4.69) is 4.84 Å². The highest BCUT2D eigenvalue weighted by Crippen LogP contribution is 2.28. The molecule has 0 atom stereocenters. The summed E-state index contributed by atoms with van der Waals surface area (Å²) in [5.41, 5.74) is 1.58. The third-order valence-corrected chi connectivity index (χ3v) is 2.17. The van der Waals surface area contributed by atoms with Gasteiger partial charge in [0.15, 0.2) is 0 Å². The number of hydrazine groups is 1. The van der Waals surface area contributed by atoms with Crippen LogP contribution < -0.4 is 16.2 Å². The molecule has 0 bridgehead atoms. The molecule has 0 saturated heterocycles. The van der Waals surface area contributed by atoms with Gasteiger partial charge in [-0.05, 0) is 6.07 Å². The van der Waals surface area contributed by atoms with Gasteiger partial charge < -0.3 is 9.57 Å². The highest BCUT2D eigenvalue weighted by atomic mass is 35.5. The molecular formula is C9H10ClN3O5. The lowest BCUT2D eigenvalue weighted by Gasteiger charge is -2.07. The van der Waals surface area contributed by atoms with Gasteiger partial charge in [-0.25, -0.2) is 5.84 Å². The Hall–Kier alpha value is -1.90. The number of nitrogens with one attached hydrogen (secondary N) is 1. The number of nitrogens with zero attached hydrogens (tertiary/aromatic N) is 1. The van der Waals surface area contributed by atoms with Crippen molar-refractivity contribution in [2.24, 2.45) is 5.84 Å². The third kappa shape index (κ3) is 4.17. The van der Waals surface area contributed by atoms with E-state index < -0.39 is 10.9 Å². The van der Waals surface area contributed by atoms with E-state index in [0.717, 1.165) is 0 Å². The number of carbonyl (C=O) groups is 1. The molecule has 0 radical (unpaired) electrons. The van der Waals surface area contributed by atoms with Gasteiger partial charge in [-0.3, -0.25) is 14.9 Å². The van der Waals surface area contributed by atoms with Gasteiger partial charge in [0.25, 0.3) is 5.69 Å². The number of hydrogen-bond acceptors (Lipinski definition) is 7. The van der Waals surface area contributed by atoms with E-state index >= 15 is 0 Å². The first-order valence-corrected chi connectivity index (χ1v) is 5.14. The molecule has 0 unspecified atom stereocenters. The molecule has 0 heterocycles. The Kier molecular flexibility index (Phi) is 5.31. The number of nitro groups is 1. The number of hydrogen-bond donors (Lipinski definition) is 2. The Balaban J connectivity index is 2.58. The molecule has 1 rings (SSSR count). The number of nitrogens with two attached hydrogens (primary N) is 1. The third-order valence-electron chi connectivity index (χ3n) is 1.86. The van der Waals surface area contributed by atoms with E-state index in [1.54, 1.807) is 5.59 Å². The van der Waals surface area contributed by atoms with Crippen molar-refractivity contribution in [2.45, 2.75) is 6.42 Å². The minimum absolute atomic E-state index is 0.0403. The van der Waals surface area contributed by atoms with Crippen molar-refractivity contribution in [2.75, 3.05) is 6.61 Å². The van der Waals surface area contributed by atoms with E-state index in [0.29, 0.717) is 0 Å². The van der Waals surface area contributed by atoms with Crippen molar-refractivity contribution in [1.29, 1.82) is 0 Å². The maximum absolute atomic E-state index is 10.9. The molecule has 8 nitrogen and oxygen atoms in total. The fourth-order valence-electron chi connectivity index (χ4n) is 1.08. The van der Waals surface area contributed by atoms with Crippen LogP contribution in [0.5, 0.6) is 5.75 Å².